The number of hydrogen-bond acceptors (Lipinski definition) is 7. The average Bonchev–Trinajstić information content (AvgIpc) is 2.38. The first kappa shape index (κ1) is 14.7. The first-order chi connectivity index (χ1) is 9.06. The second-order valence-corrected chi connectivity index (χ2v) is 3.58. The molecule has 104 valence electrons. The van der Waals surface area contributed by atoms with Gasteiger partial charge in [-0.2, -0.15) is 0 Å². The fourth-order valence-corrected chi connectivity index (χ4v) is 1.37. The molecular formula is C11H16N4O4. The number of aromatic nitrogens is 1. The van der Waals surface area contributed by atoms with Crippen LogP contribution in [0.25, 0.3) is 0 Å². The number of nitrogens with one attached hydrogen (secondary N) is 2. The van der Waals surface area contributed by atoms with Crippen LogP contribution in [0.4, 0.5) is 17.3 Å². The number of nitro groups is 1. The summed E-state index contributed by atoms with van der Waals surface area (Å²) in [6.45, 7) is 2.36. The molecule has 0 aromatic carbocycles. The zero-order valence-electron chi connectivity index (χ0n) is 10.8. The summed E-state index contributed by atoms with van der Waals surface area (Å²) in [7, 11) is 1.62. The molecule has 19 heavy (non-hydrogen) atoms. The molecule has 1 rings (SSSR count). The van der Waals surface area contributed by atoms with Crippen molar-refractivity contribution in [2.75, 3.05) is 30.8 Å². The third kappa shape index (κ3) is 4.78. The molecule has 1 heterocycles. The molecule has 0 amide bonds. The van der Waals surface area contributed by atoms with Crippen LogP contribution in [0.15, 0.2) is 12.1 Å². The fraction of sp³-hybridized carbons (Fsp3) is 0.455. The Kier molecular flexibility index (Phi) is 5.52. The van der Waals surface area contributed by atoms with Crippen molar-refractivity contribution in [2.24, 2.45) is 0 Å². The molecule has 0 saturated carbocycles. The van der Waals surface area contributed by atoms with Crippen LogP contribution in [0.1, 0.15) is 13.3 Å². The number of hydrogen-bond donors (Lipinski definition) is 2. The molecule has 1 aromatic heterocycles. The first-order valence-electron chi connectivity index (χ1n) is 5.80. The summed E-state index contributed by atoms with van der Waals surface area (Å²) in [5.74, 6) is 0.393. The molecule has 8 heteroatoms. The van der Waals surface area contributed by atoms with Crippen molar-refractivity contribution in [3.05, 3.63) is 22.2 Å². The van der Waals surface area contributed by atoms with Gasteiger partial charge in [0.25, 0.3) is 5.69 Å². The Morgan fingerprint density at radius 2 is 2.16 bits per heavy atom. The molecule has 0 fully saturated rings. The van der Waals surface area contributed by atoms with Crippen molar-refractivity contribution in [3.63, 3.8) is 0 Å². The summed E-state index contributed by atoms with van der Waals surface area (Å²) in [5.41, 5.74) is -0.0713. The minimum Gasteiger partial charge on any atom is -0.466 e. The lowest BCUT2D eigenvalue weighted by Crippen LogP contribution is -2.12. The average molecular weight is 268 g/mol. The summed E-state index contributed by atoms with van der Waals surface area (Å²) >= 11 is 0. The van der Waals surface area contributed by atoms with Gasteiger partial charge in [0, 0.05) is 13.6 Å². The van der Waals surface area contributed by atoms with E-state index in [9.17, 15) is 14.9 Å². The molecule has 0 radical (unpaired) electrons. The number of pyridine rings is 1. The quantitative estimate of drug-likeness (QED) is 0.437. The van der Waals surface area contributed by atoms with E-state index >= 15 is 0 Å². The molecule has 0 atom stereocenters. The second-order valence-electron chi connectivity index (χ2n) is 3.58. The standard InChI is InChI=1S/C11H16N4O4/c1-3-19-11(16)4-5-13-10-7-8(15(17)18)6-9(12-2)14-10/h6-7H,3-5H2,1-2H3,(H2,12,13,14). The minimum atomic E-state index is -0.501. The molecular weight excluding hydrogens is 252 g/mol. The molecule has 0 aliphatic carbocycles. The number of rotatable bonds is 7. The van der Waals surface area contributed by atoms with Crippen molar-refractivity contribution in [1.82, 2.24) is 4.98 Å². The first-order valence-corrected chi connectivity index (χ1v) is 5.80. The zero-order valence-corrected chi connectivity index (χ0v) is 10.8. The molecule has 0 unspecified atom stereocenters. The normalized spacial score (nSPS) is 9.79. The van der Waals surface area contributed by atoms with Gasteiger partial charge < -0.3 is 15.4 Å². The summed E-state index contributed by atoms with van der Waals surface area (Å²) in [4.78, 5) is 25.5. The summed E-state index contributed by atoms with van der Waals surface area (Å²) in [5, 5.41) is 16.3. The van der Waals surface area contributed by atoms with Gasteiger partial charge in [0.1, 0.15) is 11.6 Å². The topological polar surface area (TPSA) is 106 Å². The molecule has 0 aliphatic heterocycles. The minimum absolute atomic E-state index is 0.0713. The van der Waals surface area contributed by atoms with Gasteiger partial charge in [0.2, 0.25) is 0 Å². The van der Waals surface area contributed by atoms with E-state index < -0.39 is 4.92 Å². The Morgan fingerprint density at radius 3 is 2.74 bits per heavy atom. The van der Waals surface area contributed by atoms with Crippen LogP contribution in [0.3, 0.4) is 0 Å². The van der Waals surface area contributed by atoms with Crippen LogP contribution in [0.5, 0.6) is 0 Å². The van der Waals surface area contributed by atoms with E-state index in [1.165, 1.54) is 12.1 Å². The van der Waals surface area contributed by atoms with Gasteiger partial charge in [-0.05, 0) is 6.92 Å². The molecule has 0 aliphatic rings. The lowest BCUT2D eigenvalue weighted by Gasteiger charge is -2.07. The van der Waals surface area contributed by atoms with Gasteiger partial charge in [0.15, 0.2) is 0 Å². The maximum absolute atomic E-state index is 11.1. The number of nitrogens with zero attached hydrogens (tertiary/aromatic N) is 2. The van der Waals surface area contributed by atoms with E-state index in [1.807, 2.05) is 0 Å². The highest BCUT2D eigenvalue weighted by atomic mass is 16.6. The number of anilines is 2. The second kappa shape index (κ2) is 7.14. The van der Waals surface area contributed by atoms with E-state index in [2.05, 4.69) is 15.6 Å². The lowest BCUT2D eigenvalue weighted by molar-refractivity contribution is -0.384. The summed E-state index contributed by atoms with van der Waals surface area (Å²) < 4.78 is 4.77. The highest BCUT2D eigenvalue weighted by molar-refractivity contribution is 5.70. The van der Waals surface area contributed by atoms with Crippen LogP contribution in [0, 0.1) is 10.1 Å². The van der Waals surface area contributed by atoms with Gasteiger partial charge in [0.05, 0.1) is 30.1 Å². The Labute approximate surface area is 110 Å². The Morgan fingerprint density at radius 1 is 1.47 bits per heavy atom. The smallest absolute Gasteiger partial charge is 0.307 e. The predicted octanol–water partition coefficient (Wildman–Crippen LogP) is 1.40. The van der Waals surface area contributed by atoms with E-state index in [0.717, 1.165) is 0 Å². The van der Waals surface area contributed by atoms with Gasteiger partial charge >= 0.3 is 5.97 Å². The maximum Gasteiger partial charge on any atom is 0.307 e. The van der Waals surface area contributed by atoms with Crippen molar-refractivity contribution in [3.8, 4) is 0 Å². The van der Waals surface area contributed by atoms with Crippen molar-refractivity contribution in [2.45, 2.75) is 13.3 Å². The van der Waals surface area contributed by atoms with Gasteiger partial charge in [-0.1, -0.05) is 0 Å². The molecule has 8 nitrogen and oxygen atoms in total. The van der Waals surface area contributed by atoms with Gasteiger partial charge in [-0.25, -0.2) is 4.98 Å². The molecule has 0 spiro atoms. The van der Waals surface area contributed by atoms with Crippen LogP contribution < -0.4 is 10.6 Å². The highest BCUT2D eigenvalue weighted by Gasteiger charge is 2.10. The van der Waals surface area contributed by atoms with E-state index in [4.69, 9.17) is 4.74 Å². The number of esters is 1. The number of ether oxygens (including phenoxy) is 1. The zero-order chi connectivity index (χ0) is 14.3. The molecule has 0 bridgehead atoms. The van der Waals surface area contributed by atoms with Gasteiger partial charge in [-0.15, -0.1) is 0 Å². The molecule has 0 saturated heterocycles. The van der Waals surface area contributed by atoms with Crippen LogP contribution in [-0.4, -0.2) is 36.1 Å². The van der Waals surface area contributed by atoms with Crippen molar-refractivity contribution in [1.29, 1.82) is 0 Å². The maximum atomic E-state index is 11.1. The van der Waals surface area contributed by atoms with Crippen LogP contribution in [0.2, 0.25) is 0 Å². The Hall–Kier alpha value is -2.38. The van der Waals surface area contributed by atoms with Crippen molar-refractivity contribution < 1.29 is 14.5 Å². The highest BCUT2D eigenvalue weighted by Crippen LogP contribution is 2.20. The largest absolute Gasteiger partial charge is 0.466 e. The Bertz CT molecular complexity index is 464. The fourth-order valence-electron chi connectivity index (χ4n) is 1.37. The number of carbonyl (C=O) groups excluding carboxylic acids is 1. The van der Waals surface area contributed by atoms with E-state index in [0.29, 0.717) is 24.8 Å². The van der Waals surface area contributed by atoms with Crippen molar-refractivity contribution >= 4 is 23.3 Å². The monoisotopic (exact) mass is 268 g/mol. The molecule has 1 aromatic rings. The lowest BCUT2D eigenvalue weighted by atomic mass is 10.3. The summed E-state index contributed by atoms with van der Waals surface area (Å²) in [6.07, 6.45) is 0.174. The third-order valence-corrected chi connectivity index (χ3v) is 2.22. The van der Waals surface area contributed by atoms with Crippen LogP contribution >= 0.6 is 0 Å². The Balaban J connectivity index is 2.64. The third-order valence-electron chi connectivity index (χ3n) is 2.22. The summed E-state index contributed by atoms with van der Waals surface area (Å²) in [6, 6.07) is 2.64. The predicted molar refractivity (Wildman–Crippen MR) is 70.2 cm³/mol. The van der Waals surface area contributed by atoms with Gasteiger partial charge in [-0.3, -0.25) is 14.9 Å². The molecule has 2 N–H and O–H groups in total. The SMILES string of the molecule is CCOC(=O)CCNc1cc([N+](=O)[O-])cc(NC)n1. The van der Waals surface area contributed by atoms with E-state index in [1.54, 1.807) is 14.0 Å². The van der Waals surface area contributed by atoms with Crippen LogP contribution in [-0.2, 0) is 9.53 Å². The van der Waals surface area contributed by atoms with E-state index in [-0.39, 0.29) is 18.1 Å². The number of carbonyl (C=O) groups is 1.